The van der Waals surface area contributed by atoms with Crippen molar-refractivity contribution in [3.63, 3.8) is 0 Å². The molecule has 5 nitrogen and oxygen atoms in total. The average Bonchev–Trinajstić information content (AvgIpc) is 2.31. The van der Waals surface area contributed by atoms with Crippen molar-refractivity contribution in [2.75, 3.05) is 17.7 Å². The van der Waals surface area contributed by atoms with Gasteiger partial charge in [-0.25, -0.2) is 9.97 Å². The zero-order valence-corrected chi connectivity index (χ0v) is 10.4. The van der Waals surface area contributed by atoms with E-state index in [9.17, 15) is 5.11 Å². The molecule has 1 aromatic heterocycles. The smallest absolute Gasteiger partial charge is 0.132 e. The van der Waals surface area contributed by atoms with Crippen LogP contribution in [0.2, 0.25) is 0 Å². The van der Waals surface area contributed by atoms with Crippen LogP contribution in [-0.4, -0.2) is 34.3 Å². The summed E-state index contributed by atoms with van der Waals surface area (Å²) in [4.78, 5) is 8.63. The second kappa shape index (κ2) is 5.31. The Labute approximate surface area is 102 Å². The molecular formula is C12H20N4O. The molecule has 5 heteroatoms. The van der Waals surface area contributed by atoms with Crippen molar-refractivity contribution in [1.29, 1.82) is 0 Å². The van der Waals surface area contributed by atoms with Gasteiger partial charge in [0.2, 0.25) is 0 Å². The number of hydrogen-bond donors (Lipinski definition) is 3. The summed E-state index contributed by atoms with van der Waals surface area (Å²) in [6.45, 7) is 1.89. The van der Waals surface area contributed by atoms with Crippen LogP contribution in [0, 0.1) is 6.92 Å². The van der Waals surface area contributed by atoms with Gasteiger partial charge in [-0.15, -0.1) is 0 Å². The number of aromatic nitrogens is 2. The number of rotatable bonds is 3. The van der Waals surface area contributed by atoms with Gasteiger partial charge in [0.1, 0.15) is 17.5 Å². The highest BCUT2D eigenvalue weighted by Crippen LogP contribution is 2.22. The van der Waals surface area contributed by atoms with Gasteiger partial charge in [-0.05, 0) is 32.6 Å². The fourth-order valence-electron chi connectivity index (χ4n) is 2.20. The van der Waals surface area contributed by atoms with Crippen LogP contribution >= 0.6 is 0 Å². The fourth-order valence-corrected chi connectivity index (χ4v) is 2.20. The maximum atomic E-state index is 9.46. The van der Waals surface area contributed by atoms with Crippen molar-refractivity contribution >= 4 is 11.6 Å². The van der Waals surface area contributed by atoms with Gasteiger partial charge in [0.05, 0.1) is 6.10 Å². The highest BCUT2D eigenvalue weighted by molar-refractivity contribution is 5.47. The lowest BCUT2D eigenvalue weighted by Crippen LogP contribution is -2.28. The maximum Gasteiger partial charge on any atom is 0.132 e. The van der Waals surface area contributed by atoms with Crippen LogP contribution in [0.5, 0.6) is 0 Å². The van der Waals surface area contributed by atoms with Crippen molar-refractivity contribution in [2.45, 2.75) is 44.8 Å². The molecule has 1 saturated carbocycles. The van der Waals surface area contributed by atoms with E-state index in [0.717, 1.165) is 43.1 Å². The van der Waals surface area contributed by atoms with E-state index in [1.165, 1.54) is 0 Å². The SMILES string of the molecule is CNc1cc(NC2CCC(O)CC2)nc(C)n1. The van der Waals surface area contributed by atoms with Crippen LogP contribution in [0.4, 0.5) is 11.6 Å². The van der Waals surface area contributed by atoms with Gasteiger partial charge in [0.25, 0.3) is 0 Å². The molecule has 1 aromatic rings. The van der Waals surface area contributed by atoms with E-state index in [1.54, 1.807) is 0 Å². The Morgan fingerprint density at radius 1 is 1.18 bits per heavy atom. The van der Waals surface area contributed by atoms with Crippen molar-refractivity contribution in [3.8, 4) is 0 Å². The standard InChI is InChI=1S/C12H20N4O/c1-8-14-11(13-2)7-12(15-8)16-9-3-5-10(17)6-4-9/h7,9-10,17H,3-6H2,1-2H3,(H2,13,14,15,16). The first-order valence-electron chi connectivity index (χ1n) is 6.15. The molecule has 0 unspecified atom stereocenters. The number of nitrogens with zero attached hydrogens (tertiary/aromatic N) is 2. The molecule has 0 aliphatic heterocycles. The molecule has 2 rings (SSSR count). The highest BCUT2D eigenvalue weighted by Gasteiger charge is 2.19. The van der Waals surface area contributed by atoms with E-state index < -0.39 is 0 Å². The summed E-state index contributed by atoms with van der Waals surface area (Å²) in [7, 11) is 1.85. The quantitative estimate of drug-likeness (QED) is 0.742. The number of aliphatic hydroxyl groups excluding tert-OH is 1. The maximum absolute atomic E-state index is 9.46. The topological polar surface area (TPSA) is 70.1 Å². The van der Waals surface area contributed by atoms with Crippen molar-refractivity contribution < 1.29 is 5.11 Å². The first kappa shape index (κ1) is 12.1. The predicted octanol–water partition coefficient (Wildman–Crippen LogP) is 1.54. The predicted molar refractivity (Wildman–Crippen MR) is 68.2 cm³/mol. The summed E-state index contributed by atoms with van der Waals surface area (Å²) >= 11 is 0. The van der Waals surface area contributed by atoms with Gasteiger partial charge in [-0.1, -0.05) is 0 Å². The lowest BCUT2D eigenvalue weighted by Gasteiger charge is -2.26. The number of aryl methyl sites for hydroxylation is 1. The minimum Gasteiger partial charge on any atom is -0.393 e. The van der Waals surface area contributed by atoms with Gasteiger partial charge < -0.3 is 15.7 Å². The van der Waals surface area contributed by atoms with Gasteiger partial charge in [0.15, 0.2) is 0 Å². The third-order valence-electron chi connectivity index (χ3n) is 3.14. The van der Waals surface area contributed by atoms with Gasteiger partial charge in [0, 0.05) is 19.2 Å². The third kappa shape index (κ3) is 3.30. The molecule has 0 amide bonds. The lowest BCUT2D eigenvalue weighted by molar-refractivity contribution is 0.126. The van der Waals surface area contributed by atoms with E-state index in [-0.39, 0.29) is 6.10 Å². The van der Waals surface area contributed by atoms with E-state index in [4.69, 9.17) is 0 Å². The van der Waals surface area contributed by atoms with E-state index in [1.807, 2.05) is 20.0 Å². The van der Waals surface area contributed by atoms with Crippen LogP contribution in [0.3, 0.4) is 0 Å². The summed E-state index contributed by atoms with van der Waals surface area (Å²) in [5.41, 5.74) is 0. The van der Waals surface area contributed by atoms with E-state index in [2.05, 4.69) is 20.6 Å². The molecule has 17 heavy (non-hydrogen) atoms. The van der Waals surface area contributed by atoms with Crippen LogP contribution in [0.15, 0.2) is 6.07 Å². The molecule has 0 bridgehead atoms. The highest BCUT2D eigenvalue weighted by atomic mass is 16.3. The molecule has 0 saturated heterocycles. The van der Waals surface area contributed by atoms with Crippen LogP contribution in [0.25, 0.3) is 0 Å². The molecule has 1 heterocycles. The Bertz CT molecular complexity index is 375. The summed E-state index contributed by atoms with van der Waals surface area (Å²) in [6.07, 6.45) is 3.63. The average molecular weight is 236 g/mol. The lowest BCUT2D eigenvalue weighted by atomic mass is 9.93. The molecular weight excluding hydrogens is 216 g/mol. The zero-order chi connectivity index (χ0) is 12.3. The Balaban J connectivity index is 2.00. The zero-order valence-electron chi connectivity index (χ0n) is 10.4. The summed E-state index contributed by atoms with van der Waals surface area (Å²) in [6, 6.07) is 2.33. The first-order chi connectivity index (χ1) is 8.17. The summed E-state index contributed by atoms with van der Waals surface area (Å²) in [5, 5.41) is 15.9. The van der Waals surface area contributed by atoms with E-state index in [0.29, 0.717) is 6.04 Å². The minimum absolute atomic E-state index is 0.118. The van der Waals surface area contributed by atoms with Crippen LogP contribution in [0.1, 0.15) is 31.5 Å². The van der Waals surface area contributed by atoms with Gasteiger partial charge >= 0.3 is 0 Å². The summed E-state index contributed by atoms with van der Waals surface area (Å²) < 4.78 is 0. The van der Waals surface area contributed by atoms with Crippen molar-refractivity contribution in [2.24, 2.45) is 0 Å². The fraction of sp³-hybridized carbons (Fsp3) is 0.667. The molecule has 94 valence electrons. The van der Waals surface area contributed by atoms with Crippen molar-refractivity contribution in [1.82, 2.24) is 9.97 Å². The number of nitrogens with one attached hydrogen (secondary N) is 2. The minimum atomic E-state index is -0.118. The number of aliphatic hydroxyl groups is 1. The van der Waals surface area contributed by atoms with Crippen LogP contribution < -0.4 is 10.6 Å². The molecule has 1 aliphatic rings. The van der Waals surface area contributed by atoms with E-state index >= 15 is 0 Å². The third-order valence-corrected chi connectivity index (χ3v) is 3.14. The second-order valence-corrected chi connectivity index (χ2v) is 4.59. The molecule has 3 N–H and O–H groups in total. The molecule has 0 atom stereocenters. The van der Waals surface area contributed by atoms with Crippen molar-refractivity contribution in [3.05, 3.63) is 11.9 Å². The normalized spacial score (nSPS) is 24.4. The molecule has 1 aliphatic carbocycles. The van der Waals surface area contributed by atoms with Crippen LogP contribution in [-0.2, 0) is 0 Å². The monoisotopic (exact) mass is 236 g/mol. The Morgan fingerprint density at radius 2 is 1.82 bits per heavy atom. The molecule has 1 fully saturated rings. The summed E-state index contributed by atoms with van der Waals surface area (Å²) in [5.74, 6) is 2.45. The first-order valence-corrected chi connectivity index (χ1v) is 6.15. The Kier molecular flexibility index (Phi) is 3.78. The number of anilines is 2. The van der Waals surface area contributed by atoms with Gasteiger partial charge in [-0.3, -0.25) is 0 Å². The van der Waals surface area contributed by atoms with Gasteiger partial charge in [-0.2, -0.15) is 0 Å². The largest absolute Gasteiger partial charge is 0.393 e. The number of hydrogen-bond acceptors (Lipinski definition) is 5. The Hall–Kier alpha value is -1.36. The molecule has 0 radical (unpaired) electrons. The Morgan fingerprint density at radius 3 is 2.47 bits per heavy atom. The molecule has 0 aromatic carbocycles. The second-order valence-electron chi connectivity index (χ2n) is 4.59. The molecule has 0 spiro atoms.